The van der Waals surface area contributed by atoms with E-state index < -0.39 is 0 Å². The molecule has 152 valence electrons. The fraction of sp³-hybridized carbons (Fsp3) is 0.455. The van der Waals surface area contributed by atoms with Gasteiger partial charge in [-0.15, -0.1) is 12.4 Å². The Labute approximate surface area is 173 Å². The average molecular weight is 405 g/mol. The van der Waals surface area contributed by atoms with Crippen LogP contribution in [0, 0.1) is 10.1 Å². The van der Waals surface area contributed by atoms with Crippen LogP contribution in [0.5, 0.6) is 5.75 Å². The van der Waals surface area contributed by atoms with Crippen molar-refractivity contribution in [3.05, 3.63) is 69.8 Å². The summed E-state index contributed by atoms with van der Waals surface area (Å²) in [6, 6.07) is 15.4. The van der Waals surface area contributed by atoms with E-state index >= 15 is 0 Å². The molecule has 1 fully saturated rings. The molecule has 0 radical (unpaired) electrons. The second-order valence-corrected chi connectivity index (χ2v) is 7.46. The van der Waals surface area contributed by atoms with Crippen molar-refractivity contribution < 1.29 is 9.66 Å². The standard InChI is InChI=1S/C22H28N2O3.ClH/c1-3-12-22(19-5-4-6-21(16-19)27-2)13-15-23(17-22)14-11-18-7-9-20(10-8-18)24(25)26;/h4-10,16H,3,11-15,17H2,1-2H3;1H. The predicted molar refractivity (Wildman–Crippen MR) is 115 cm³/mol. The number of methoxy groups -OCH3 is 1. The van der Waals surface area contributed by atoms with Gasteiger partial charge in [0.15, 0.2) is 0 Å². The van der Waals surface area contributed by atoms with E-state index in [1.807, 2.05) is 18.2 Å². The van der Waals surface area contributed by atoms with Gasteiger partial charge in [0.25, 0.3) is 5.69 Å². The number of halogens is 1. The van der Waals surface area contributed by atoms with E-state index in [-0.39, 0.29) is 28.4 Å². The highest BCUT2D eigenvalue weighted by molar-refractivity contribution is 5.85. The zero-order chi connectivity index (χ0) is 19.3. The zero-order valence-corrected chi connectivity index (χ0v) is 17.4. The van der Waals surface area contributed by atoms with Crippen LogP contribution in [0.4, 0.5) is 5.69 Å². The van der Waals surface area contributed by atoms with Crippen LogP contribution in [0.2, 0.25) is 0 Å². The molecule has 1 unspecified atom stereocenters. The van der Waals surface area contributed by atoms with Crippen LogP contribution < -0.4 is 4.74 Å². The Hall–Kier alpha value is -2.11. The normalized spacial score (nSPS) is 19.2. The predicted octanol–water partition coefficient (Wildman–Crippen LogP) is 5.01. The maximum absolute atomic E-state index is 10.8. The molecule has 0 N–H and O–H groups in total. The summed E-state index contributed by atoms with van der Waals surface area (Å²) >= 11 is 0. The second-order valence-electron chi connectivity index (χ2n) is 7.46. The van der Waals surface area contributed by atoms with Gasteiger partial charge in [-0.05, 0) is 49.1 Å². The zero-order valence-electron chi connectivity index (χ0n) is 16.6. The molecule has 0 saturated carbocycles. The Morgan fingerprint density at radius 2 is 1.96 bits per heavy atom. The van der Waals surface area contributed by atoms with E-state index in [4.69, 9.17) is 4.74 Å². The van der Waals surface area contributed by atoms with Gasteiger partial charge < -0.3 is 9.64 Å². The van der Waals surface area contributed by atoms with Gasteiger partial charge in [-0.2, -0.15) is 0 Å². The first-order valence-electron chi connectivity index (χ1n) is 9.66. The average Bonchev–Trinajstić information content (AvgIpc) is 3.11. The fourth-order valence-corrected chi connectivity index (χ4v) is 4.24. The lowest BCUT2D eigenvalue weighted by Gasteiger charge is -2.30. The van der Waals surface area contributed by atoms with Gasteiger partial charge in [0.05, 0.1) is 12.0 Å². The Morgan fingerprint density at radius 1 is 1.21 bits per heavy atom. The minimum absolute atomic E-state index is 0. The van der Waals surface area contributed by atoms with E-state index in [0.717, 1.165) is 50.2 Å². The monoisotopic (exact) mass is 404 g/mol. The number of hydrogen-bond donors (Lipinski definition) is 0. The van der Waals surface area contributed by atoms with Crippen molar-refractivity contribution in [2.24, 2.45) is 0 Å². The number of nitro groups is 1. The molecule has 1 atom stereocenters. The maximum Gasteiger partial charge on any atom is 0.269 e. The smallest absolute Gasteiger partial charge is 0.269 e. The van der Waals surface area contributed by atoms with Gasteiger partial charge in [0.2, 0.25) is 0 Å². The number of benzene rings is 2. The summed E-state index contributed by atoms with van der Waals surface area (Å²) in [6.45, 7) is 5.37. The highest BCUT2D eigenvalue weighted by Crippen LogP contribution is 2.39. The molecule has 0 bridgehead atoms. The van der Waals surface area contributed by atoms with Crippen LogP contribution in [0.25, 0.3) is 0 Å². The van der Waals surface area contributed by atoms with Gasteiger partial charge in [-0.1, -0.05) is 37.6 Å². The third-order valence-electron chi connectivity index (χ3n) is 5.71. The van der Waals surface area contributed by atoms with Crippen molar-refractivity contribution >= 4 is 18.1 Å². The quantitative estimate of drug-likeness (QED) is 0.458. The van der Waals surface area contributed by atoms with E-state index in [1.165, 1.54) is 12.0 Å². The van der Waals surface area contributed by atoms with Crippen LogP contribution in [0.1, 0.15) is 37.3 Å². The van der Waals surface area contributed by atoms with E-state index in [9.17, 15) is 10.1 Å². The van der Waals surface area contributed by atoms with Gasteiger partial charge in [0, 0.05) is 30.6 Å². The molecule has 1 aliphatic heterocycles. The van der Waals surface area contributed by atoms with Crippen LogP contribution in [-0.2, 0) is 11.8 Å². The third kappa shape index (κ3) is 5.03. The first-order chi connectivity index (χ1) is 13.1. The molecule has 6 heteroatoms. The molecule has 3 rings (SSSR count). The lowest BCUT2D eigenvalue weighted by Crippen LogP contribution is -2.32. The van der Waals surface area contributed by atoms with Crippen molar-refractivity contribution in [2.75, 3.05) is 26.7 Å². The fourth-order valence-electron chi connectivity index (χ4n) is 4.24. The van der Waals surface area contributed by atoms with Crippen molar-refractivity contribution in [3.8, 4) is 5.75 Å². The number of nitro benzene ring substituents is 1. The highest BCUT2D eigenvalue weighted by atomic mass is 35.5. The molecule has 2 aromatic carbocycles. The van der Waals surface area contributed by atoms with E-state index in [0.29, 0.717) is 0 Å². The van der Waals surface area contributed by atoms with E-state index in [2.05, 4.69) is 30.0 Å². The molecule has 0 aromatic heterocycles. The SMILES string of the molecule is CCCC1(c2cccc(OC)c2)CCN(CCc2ccc([N+](=O)[O-])cc2)C1.Cl. The Bertz CT molecular complexity index is 782. The van der Waals surface area contributed by atoms with Crippen LogP contribution in [0.15, 0.2) is 48.5 Å². The number of nitrogens with zero attached hydrogens (tertiary/aromatic N) is 2. The lowest BCUT2D eigenvalue weighted by molar-refractivity contribution is -0.384. The van der Waals surface area contributed by atoms with Gasteiger partial charge in [0.1, 0.15) is 5.75 Å². The Kier molecular flexibility index (Phi) is 7.84. The summed E-state index contributed by atoms with van der Waals surface area (Å²) in [7, 11) is 1.72. The molecule has 1 aliphatic rings. The number of likely N-dealkylation sites (tertiary alicyclic amines) is 1. The lowest BCUT2D eigenvalue weighted by atomic mass is 9.76. The summed E-state index contributed by atoms with van der Waals surface area (Å²) < 4.78 is 5.43. The second kappa shape index (κ2) is 9.89. The molecule has 1 heterocycles. The first kappa shape index (κ1) is 22.2. The van der Waals surface area contributed by atoms with Crippen molar-refractivity contribution in [2.45, 2.75) is 38.0 Å². The molecule has 2 aromatic rings. The molecular formula is C22H29ClN2O3. The maximum atomic E-state index is 10.8. The van der Waals surface area contributed by atoms with Crippen LogP contribution >= 0.6 is 12.4 Å². The number of rotatable bonds is 8. The molecule has 28 heavy (non-hydrogen) atoms. The first-order valence-corrected chi connectivity index (χ1v) is 9.66. The minimum atomic E-state index is -0.350. The number of non-ortho nitro benzene ring substituents is 1. The van der Waals surface area contributed by atoms with E-state index in [1.54, 1.807) is 19.2 Å². The third-order valence-corrected chi connectivity index (χ3v) is 5.71. The minimum Gasteiger partial charge on any atom is -0.497 e. The Balaban J connectivity index is 0.00000280. The van der Waals surface area contributed by atoms with Gasteiger partial charge >= 0.3 is 0 Å². The van der Waals surface area contributed by atoms with Gasteiger partial charge in [-0.25, -0.2) is 0 Å². The topological polar surface area (TPSA) is 55.6 Å². The summed E-state index contributed by atoms with van der Waals surface area (Å²) in [6.07, 6.45) is 4.41. The van der Waals surface area contributed by atoms with Gasteiger partial charge in [-0.3, -0.25) is 10.1 Å². The molecule has 0 aliphatic carbocycles. The summed E-state index contributed by atoms with van der Waals surface area (Å²) in [5.41, 5.74) is 2.87. The summed E-state index contributed by atoms with van der Waals surface area (Å²) in [5, 5.41) is 10.8. The Morgan fingerprint density at radius 3 is 2.61 bits per heavy atom. The van der Waals surface area contributed by atoms with Crippen molar-refractivity contribution in [1.29, 1.82) is 0 Å². The molecule has 5 nitrogen and oxygen atoms in total. The molecule has 1 saturated heterocycles. The van der Waals surface area contributed by atoms with Crippen LogP contribution in [0.3, 0.4) is 0 Å². The molecule has 0 amide bonds. The van der Waals surface area contributed by atoms with Crippen molar-refractivity contribution in [3.63, 3.8) is 0 Å². The summed E-state index contributed by atoms with van der Waals surface area (Å²) in [5.74, 6) is 0.923. The number of hydrogen-bond acceptors (Lipinski definition) is 4. The highest BCUT2D eigenvalue weighted by Gasteiger charge is 2.38. The number of ether oxygens (including phenoxy) is 1. The molecule has 0 spiro atoms. The van der Waals surface area contributed by atoms with Crippen molar-refractivity contribution in [1.82, 2.24) is 4.90 Å². The van der Waals surface area contributed by atoms with Crippen LogP contribution in [-0.4, -0.2) is 36.6 Å². The molecular weight excluding hydrogens is 376 g/mol. The largest absolute Gasteiger partial charge is 0.497 e. The summed E-state index contributed by atoms with van der Waals surface area (Å²) in [4.78, 5) is 13.0.